The summed E-state index contributed by atoms with van der Waals surface area (Å²) in [5.41, 5.74) is 1.19. The number of H-pyrrole nitrogens is 1. The van der Waals surface area contributed by atoms with E-state index in [2.05, 4.69) is 32.1 Å². The van der Waals surface area contributed by atoms with Crippen LogP contribution < -0.4 is 10.1 Å². The highest BCUT2D eigenvalue weighted by Crippen LogP contribution is 2.25. The molecule has 1 aromatic heterocycles. The van der Waals surface area contributed by atoms with Crippen LogP contribution in [0.3, 0.4) is 0 Å². The normalized spacial score (nSPS) is 16.3. The Bertz CT molecular complexity index is 897. The molecule has 3 rings (SSSR count). The number of nitrogens with one attached hydrogen (secondary N) is 2. The van der Waals surface area contributed by atoms with Crippen LogP contribution in [-0.2, 0) is 16.1 Å². The minimum absolute atomic E-state index is 0.166. The molecule has 0 spiro atoms. The van der Waals surface area contributed by atoms with Crippen LogP contribution in [0.2, 0.25) is 5.15 Å². The first kappa shape index (κ1) is 21.0. The van der Waals surface area contributed by atoms with E-state index in [4.69, 9.17) is 16.4 Å². The van der Waals surface area contributed by atoms with Crippen LogP contribution in [0.4, 0.5) is 18.9 Å². The highest BCUT2D eigenvalue weighted by molar-refractivity contribution is 6.33. The maximum atomic E-state index is 12.4. The van der Waals surface area contributed by atoms with Gasteiger partial charge in [-0.15, -0.1) is 13.2 Å². The molecule has 0 bridgehead atoms. The monoisotopic (exact) mass is 430 g/mol. The third-order valence-electron chi connectivity index (χ3n) is 4.07. The quantitative estimate of drug-likeness (QED) is 0.679. The largest absolute Gasteiger partial charge is 0.573 e. The number of unbranched alkanes of at least 4 members (excludes halogenated alkanes) is 1. The zero-order chi connectivity index (χ0) is 21.0. The molecule has 0 saturated carbocycles. The number of nitrogens with zero attached hydrogens (tertiary/aromatic N) is 2. The molecule has 0 saturated heterocycles. The maximum Gasteiger partial charge on any atom is 0.573 e. The number of imidazole rings is 1. The second kappa shape index (κ2) is 8.73. The Labute approximate surface area is 169 Å². The van der Waals surface area contributed by atoms with Crippen LogP contribution in [0.15, 0.2) is 29.4 Å². The van der Waals surface area contributed by atoms with Crippen molar-refractivity contribution in [1.29, 1.82) is 0 Å². The van der Waals surface area contributed by atoms with E-state index >= 15 is 0 Å². The lowest BCUT2D eigenvalue weighted by molar-refractivity contribution is -0.274. The van der Waals surface area contributed by atoms with Gasteiger partial charge >= 0.3 is 6.36 Å². The lowest BCUT2D eigenvalue weighted by atomic mass is 10.1. The van der Waals surface area contributed by atoms with Crippen molar-refractivity contribution in [2.75, 3.05) is 5.32 Å². The van der Waals surface area contributed by atoms with E-state index in [1.807, 2.05) is 0 Å². The molecule has 0 fully saturated rings. The Kier molecular flexibility index (Phi) is 6.31. The summed E-state index contributed by atoms with van der Waals surface area (Å²) in [6.07, 6.45) is -2.78. The van der Waals surface area contributed by atoms with E-state index in [1.54, 1.807) is 0 Å². The molecular formula is C18H18ClF3N4O3. The first-order valence-electron chi connectivity index (χ1n) is 8.89. The average Bonchev–Trinajstić information content (AvgIpc) is 3.27. The topological polar surface area (TPSA) is 88.6 Å². The molecule has 1 aromatic carbocycles. The number of oxime groups is 1. The van der Waals surface area contributed by atoms with Crippen molar-refractivity contribution >= 4 is 28.9 Å². The van der Waals surface area contributed by atoms with Gasteiger partial charge in [0.05, 0.1) is 0 Å². The summed E-state index contributed by atoms with van der Waals surface area (Å²) < 4.78 is 40.3. The third-order valence-corrected chi connectivity index (χ3v) is 4.34. The van der Waals surface area contributed by atoms with Gasteiger partial charge in [-0.2, -0.15) is 0 Å². The second-order valence-electron chi connectivity index (χ2n) is 6.35. The number of aryl methyl sites for hydroxylation is 1. The van der Waals surface area contributed by atoms with Crippen molar-refractivity contribution < 1.29 is 27.5 Å². The van der Waals surface area contributed by atoms with Crippen LogP contribution in [0, 0.1) is 0 Å². The first-order chi connectivity index (χ1) is 13.7. The number of halogens is 4. The van der Waals surface area contributed by atoms with Crippen LogP contribution >= 0.6 is 11.6 Å². The molecule has 1 unspecified atom stereocenters. The summed E-state index contributed by atoms with van der Waals surface area (Å²) in [5, 5.41) is 6.79. The van der Waals surface area contributed by atoms with Gasteiger partial charge < -0.3 is 19.9 Å². The van der Waals surface area contributed by atoms with Gasteiger partial charge in [-0.05, 0) is 30.7 Å². The second-order valence-corrected chi connectivity index (χ2v) is 6.73. The highest BCUT2D eigenvalue weighted by atomic mass is 35.5. The van der Waals surface area contributed by atoms with E-state index in [9.17, 15) is 18.0 Å². The molecular weight excluding hydrogens is 413 g/mol. The van der Waals surface area contributed by atoms with Gasteiger partial charge in [-0.1, -0.05) is 30.1 Å². The van der Waals surface area contributed by atoms with Gasteiger partial charge in [0.1, 0.15) is 28.1 Å². The number of carbonyl (C=O) groups excluding carboxylic acids is 1. The summed E-state index contributed by atoms with van der Waals surface area (Å²) in [5.74, 6) is -0.139. The van der Waals surface area contributed by atoms with E-state index in [0.29, 0.717) is 22.2 Å². The summed E-state index contributed by atoms with van der Waals surface area (Å²) in [6.45, 7) is 2.07. The van der Waals surface area contributed by atoms with Crippen molar-refractivity contribution in [3.8, 4) is 5.75 Å². The van der Waals surface area contributed by atoms with Gasteiger partial charge in [0.15, 0.2) is 0 Å². The van der Waals surface area contributed by atoms with Gasteiger partial charge in [0, 0.05) is 18.5 Å². The van der Waals surface area contributed by atoms with Gasteiger partial charge in [0.2, 0.25) is 6.10 Å². The van der Waals surface area contributed by atoms with Crippen molar-refractivity contribution in [2.24, 2.45) is 5.16 Å². The standard InChI is InChI=1S/C18H18ClF3N4O3/c1-2-3-4-14-24-15(16(19)25-14)12-9-13(29-26-12)17(27)23-10-5-7-11(8-6-10)28-18(20,21)22/h5-8,13H,2-4,9H2,1H3,(H,23,27)(H,24,25). The molecule has 1 aliphatic heterocycles. The van der Waals surface area contributed by atoms with Gasteiger partial charge in [-0.3, -0.25) is 4.79 Å². The van der Waals surface area contributed by atoms with Crippen LogP contribution in [0.25, 0.3) is 0 Å². The molecule has 2 heterocycles. The summed E-state index contributed by atoms with van der Waals surface area (Å²) in [6, 6.07) is 4.78. The zero-order valence-electron chi connectivity index (χ0n) is 15.3. The zero-order valence-corrected chi connectivity index (χ0v) is 16.1. The smallest absolute Gasteiger partial charge is 0.406 e. The van der Waals surface area contributed by atoms with E-state index < -0.39 is 18.4 Å². The Balaban J connectivity index is 1.57. The van der Waals surface area contributed by atoms with Gasteiger partial charge in [0.25, 0.3) is 5.91 Å². The Hall–Kier alpha value is -2.75. The van der Waals surface area contributed by atoms with Crippen LogP contribution in [0.5, 0.6) is 5.75 Å². The number of rotatable bonds is 7. The van der Waals surface area contributed by atoms with Crippen molar-refractivity contribution in [3.05, 3.63) is 40.9 Å². The molecule has 11 heteroatoms. The molecule has 1 aliphatic rings. The maximum absolute atomic E-state index is 12.4. The molecule has 2 N–H and O–H groups in total. The summed E-state index contributed by atoms with van der Waals surface area (Å²) in [7, 11) is 0. The highest BCUT2D eigenvalue weighted by Gasteiger charge is 2.32. The summed E-state index contributed by atoms with van der Waals surface area (Å²) >= 11 is 6.17. The first-order valence-corrected chi connectivity index (χ1v) is 9.27. The summed E-state index contributed by atoms with van der Waals surface area (Å²) in [4.78, 5) is 24.9. The number of alkyl halides is 3. The van der Waals surface area contributed by atoms with E-state index in [-0.39, 0.29) is 12.2 Å². The molecule has 2 aromatic rings. The number of hydrogen-bond acceptors (Lipinski definition) is 5. The number of hydrogen-bond donors (Lipinski definition) is 2. The number of anilines is 1. The minimum Gasteiger partial charge on any atom is -0.406 e. The number of aromatic amines is 1. The third kappa shape index (κ3) is 5.63. The molecule has 0 radical (unpaired) electrons. The molecule has 1 amide bonds. The molecule has 0 aliphatic carbocycles. The van der Waals surface area contributed by atoms with Crippen LogP contribution in [0.1, 0.15) is 37.7 Å². The number of carbonyl (C=O) groups is 1. The van der Waals surface area contributed by atoms with Crippen molar-refractivity contribution in [1.82, 2.24) is 9.97 Å². The van der Waals surface area contributed by atoms with Crippen molar-refractivity contribution in [3.63, 3.8) is 0 Å². The lowest BCUT2D eigenvalue weighted by Gasteiger charge is -2.11. The Morgan fingerprint density at radius 3 is 2.76 bits per heavy atom. The van der Waals surface area contributed by atoms with E-state index in [1.165, 1.54) is 12.1 Å². The number of ether oxygens (including phenoxy) is 1. The average molecular weight is 431 g/mol. The number of benzene rings is 1. The SMILES string of the molecule is CCCCc1nc(C2=NOC(C(=O)Nc3ccc(OC(F)(F)F)cc3)C2)c(Cl)[nH]1. The fourth-order valence-electron chi connectivity index (χ4n) is 2.67. The Morgan fingerprint density at radius 1 is 1.38 bits per heavy atom. The predicted octanol–water partition coefficient (Wildman–Crippen LogP) is 4.44. The number of amides is 1. The van der Waals surface area contributed by atoms with E-state index in [0.717, 1.165) is 37.2 Å². The molecule has 1 atom stereocenters. The fraction of sp³-hybridized carbons (Fsp3) is 0.389. The van der Waals surface area contributed by atoms with Gasteiger partial charge in [-0.25, -0.2) is 4.98 Å². The molecule has 29 heavy (non-hydrogen) atoms. The lowest BCUT2D eigenvalue weighted by Crippen LogP contribution is -2.28. The number of aromatic nitrogens is 2. The molecule has 7 nitrogen and oxygen atoms in total. The molecule has 156 valence electrons. The van der Waals surface area contributed by atoms with Crippen LogP contribution in [-0.4, -0.2) is 34.1 Å². The Morgan fingerprint density at radius 2 is 2.10 bits per heavy atom. The van der Waals surface area contributed by atoms with Crippen molar-refractivity contribution in [2.45, 2.75) is 45.1 Å². The predicted molar refractivity (Wildman–Crippen MR) is 100.0 cm³/mol. The minimum atomic E-state index is -4.78. The fourth-order valence-corrected chi connectivity index (χ4v) is 2.93.